The molecule has 14 heteroatoms. The summed E-state index contributed by atoms with van der Waals surface area (Å²) in [4.78, 5) is 38.3. The van der Waals surface area contributed by atoms with Gasteiger partial charge in [-0.05, 0) is 17.0 Å². The highest BCUT2D eigenvalue weighted by Crippen LogP contribution is 2.41. The van der Waals surface area contributed by atoms with Crippen LogP contribution in [0.15, 0.2) is 57.1 Å². The molecule has 2 aliphatic heterocycles. The zero-order valence-corrected chi connectivity index (χ0v) is 20.3. The maximum atomic E-state index is 12.8. The largest absolute Gasteiger partial charge is 0.610 e. The fourth-order valence-electron chi connectivity index (χ4n) is 3.36. The first kappa shape index (κ1) is 23.9. The number of carbonyl (C=O) groups excluding carboxylic acids is 2. The second kappa shape index (κ2) is 10.3. The van der Waals surface area contributed by atoms with Crippen LogP contribution in [0, 0.1) is 0 Å². The van der Waals surface area contributed by atoms with Gasteiger partial charge in [-0.25, -0.2) is 4.79 Å². The van der Waals surface area contributed by atoms with E-state index in [4.69, 9.17) is 0 Å². The molecule has 0 aromatic carbocycles. The number of rotatable bonds is 10. The van der Waals surface area contributed by atoms with Crippen molar-refractivity contribution in [3.8, 4) is 0 Å². The van der Waals surface area contributed by atoms with Crippen molar-refractivity contribution < 1.29 is 24.0 Å². The molecule has 2 aliphatic rings. The Labute approximate surface area is 204 Å². The van der Waals surface area contributed by atoms with Crippen molar-refractivity contribution in [3.63, 3.8) is 0 Å². The number of amides is 2. The number of carboxylic acids is 1. The number of β-lactam (4-membered cyclic amide) rings is 1. The molecule has 0 radical (unpaired) electrons. The lowest BCUT2D eigenvalue weighted by Gasteiger charge is -2.49. The first-order valence-electron chi connectivity index (χ1n) is 9.63. The number of thioether (sulfide) groups is 2. The summed E-state index contributed by atoms with van der Waals surface area (Å²) >= 11 is 2.52. The third-order valence-corrected chi connectivity index (χ3v) is 9.85. The molecule has 0 aliphatic carbocycles. The summed E-state index contributed by atoms with van der Waals surface area (Å²) in [7, 11) is 0. The molecule has 2 aromatic heterocycles. The van der Waals surface area contributed by atoms with E-state index in [1.54, 1.807) is 34.5 Å². The van der Waals surface area contributed by atoms with Crippen molar-refractivity contribution in [1.29, 1.82) is 0 Å². The average molecular weight is 526 g/mol. The number of fused-ring (bicyclic) bond motifs is 1. The van der Waals surface area contributed by atoms with Gasteiger partial charge in [0.15, 0.2) is 10.9 Å². The van der Waals surface area contributed by atoms with E-state index in [1.165, 1.54) is 39.8 Å². The molecule has 2 N–H and O–H groups in total. The molecule has 1 saturated heterocycles. The van der Waals surface area contributed by atoms with E-state index < -0.39 is 40.4 Å². The molecule has 0 saturated carbocycles. The van der Waals surface area contributed by atoms with Gasteiger partial charge < -0.3 is 19.5 Å². The van der Waals surface area contributed by atoms with Crippen LogP contribution in [-0.4, -0.2) is 75.8 Å². The maximum absolute atomic E-state index is 12.8. The first-order chi connectivity index (χ1) is 15.9. The minimum Gasteiger partial charge on any atom is -0.610 e. The second-order valence-electron chi connectivity index (χ2n) is 6.98. The number of allylic oxidation sites excluding steroid dienone is 1. The summed E-state index contributed by atoms with van der Waals surface area (Å²) in [6.45, 7) is 4.21. The molecule has 10 nitrogen and oxygen atoms in total. The molecular weight excluding hydrogens is 507 g/mol. The molecule has 2 unspecified atom stereocenters. The van der Waals surface area contributed by atoms with Crippen LogP contribution in [0.1, 0.15) is 0 Å². The Balaban J connectivity index is 1.41. The fraction of sp³-hybridized carbons (Fsp3) is 0.316. The molecule has 2 aromatic rings. The Morgan fingerprint density at radius 2 is 2.30 bits per heavy atom. The Morgan fingerprint density at radius 1 is 1.48 bits per heavy atom. The van der Waals surface area contributed by atoms with Gasteiger partial charge in [0, 0.05) is 35.3 Å². The van der Waals surface area contributed by atoms with Gasteiger partial charge in [0.05, 0.1) is 0 Å². The number of aliphatic carboxylic acids is 1. The molecule has 4 heterocycles. The van der Waals surface area contributed by atoms with E-state index in [9.17, 15) is 24.0 Å². The highest BCUT2D eigenvalue weighted by molar-refractivity contribution is 8.01. The summed E-state index contributed by atoms with van der Waals surface area (Å²) in [5, 5.41) is 22.2. The lowest BCUT2D eigenvalue weighted by Crippen LogP contribution is -2.70. The summed E-state index contributed by atoms with van der Waals surface area (Å²) in [6, 6.07) is 2.59. The summed E-state index contributed by atoms with van der Waals surface area (Å²) < 4.78 is 14.6. The number of aromatic nitrogens is 3. The number of thiophene rings is 1. The van der Waals surface area contributed by atoms with Crippen molar-refractivity contribution in [2.45, 2.75) is 27.3 Å². The molecule has 4 rings (SSSR count). The quantitative estimate of drug-likeness (QED) is 0.202. The van der Waals surface area contributed by atoms with Crippen LogP contribution < -0.4 is 5.32 Å². The molecule has 0 bridgehead atoms. The lowest BCUT2D eigenvalue weighted by atomic mass is 10.0. The predicted octanol–water partition coefficient (Wildman–Crippen LogP) is 1.16. The molecule has 174 valence electrons. The van der Waals surface area contributed by atoms with Gasteiger partial charge in [0.25, 0.3) is 11.8 Å². The molecule has 0 spiro atoms. The number of carbonyl (C=O) groups is 3. The van der Waals surface area contributed by atoms with Crippen LogP contribution in [-0.2, 0) is 32.1 Å². The number of carboxylic acid groups (broad SMARTS) is 1. The van der Waals surface area contributed by atoms with Crippen molar-refractivity contribution in [3.05, 3.63) is 47.8 Å². The Kier molecular flexibility index (Phi) is 7.48. The average Bonchev–Trinajstić information content (AvgIpc) is 3.48. The van der Waals surface area contributed by atoms with Crippen LogP contribution in [0.4, 0.5) is 0 Å². The third kappa shape index (κ3) is 4.99. The van der Waals surface area contributed by atoms with Crippen molar-refractivity contribution >= 4 is 63.8 Å². The molecular formula is C19H19N5O5S4. The lowest BCUT2D eigenvalue weighted by molar-refractivity contribution is -0.150. The zero-order valence-electron chi connectivity index (χ0n) is 17.1. The van der Waals surface area contributed by atoms with Gasteiger partial charge in [0.1, 0.15) is 23.4 Å². The van der Waals surface area contributed by atoms with Crippen molar-refractivity contribution in [1.82, 2.24) is 25.0 Å². The number of hydrogen-bond donors (Lipinski definition) is 2. The van der Waals surface area contributed by atoms with E-state index in [1.807, 2.05) is 0 Å². The Morgan fingerprint density at radius 3 is 3.00 bits per heavy atom. The topological polar surface area (TPSA) is 140 Å². The molecule has 1 fully saturated rings. The monoisotopic (exact) mass is 525 g/mol. The van der Waals surface area contributed by atoms with E-state index in [0.29, 0.717) is 33.0 Å². The summed E-state index contributed by atoms with van der Waals surface area (Å²) in [5.41, 5.74) is 0.539. The van der Waals surface area contributed by atoms with E-state index in [0.717, 1.165) is 0 Å². The van der Waals surface area contributed by atoms with E-state index in [-0.39, 0.29) is 11.4 Å². The van der Waals surface area contributed by atoms with Crippen LogP contribution >= 0.6 is 34.9 Å². The van der Waals surface area contributed by atoms with Crippen molar-refractivity contribution in [2.75, 3.05) is 17.3 Å². The fourth-order valence-corrected chi connectivity index (χ4v) is 7.69. The summed E-state index contributed by atoms with van der Waals surface area (Å²) in [5.74, 6) is -1.72. The zero-order chi connectivity index (χ0) is 23.5. The van der Waals surface area contributed by atoms with Gasteiger partial charge in [-0.15, -0.1) is 28.5 Å². The normalized spacial score (nSPS) is 20.8. The number of nitrogens with zero attached hydrogens (tertiary/aromatic N) is 4. The van der Waals surface area contributed by atoms with Gasteiger partial charge in [0.2, 0.25) is 4.21 Å². The van der Waals surface area contributed by atoms with Gasteiger partial charge in [-0.3, -0.25) is 14.5 Å². The van der Waals surface area contributed by atoms with Crippen molar-refractivity contribution in [2.24, 2.45) is 0 Å². The smallest absolute Gasteiger partial charge is 0.352 e. The highest BCUT2D eigenvalue weighted by Gasteiger charge is 2.54. The summed E-state index contributed by atoms with van der Waals surface area (Å²) in [6.07, 6.45) is 3.28. The standard InChI is InChI=1S/C19H19N5O5S4/c1-2-5-23-10-20-22-19(23)32-8-11-7-31-17-14(16(26)24(17)15(11)18(27)28)21-12(25)9-33(29)13-4-3-6-30-13/h2-4,6,10,14,17H,1,5,7-9H2,(H,21,25)(H,27,28)/t14?,17-,33?/m0/s1. The Bertz CT molecular complexity index is 1100. The van der Waals surface area contributed by atoms with Gasteiger partial charge >= 0.3 is 5.97 Å². The second-order valence-corrected chi connectivity index (χ2v) is 11.7. The van der Waals surface area contributed by atoms with Gasteiger partial charge in [-0.2, -0.15) is 0 Å². The molecule has 33 heavy (non-hydrogen) atoms. The van der Waals surface area contributed by atoms with Crippen LogP contribution in [0.5, 0.6) is 0 Å². The molecule has 2 amide bonds. The molecule has 3 atom stereocenters. The SMILES string of the molecule is C=CCn1cnnc1SCC1=C(C(=O)O)N2C(=O)C(NC(=O)C[S+]([O-])c3cccs3)[C@@H]2SC1. The van der Waals surface area contributed by atoms with Crippen LogP contribution in [0.2, 0.25) is 0 Å². The highest BCUT2D eigenvalue weighted by atomic mass is 32.2. The predicted molar refractivity (Wildman–Crippen MR) is 126 cm³/mol. The van der Waals surface area contributed by atoms with Gasteiger partial charge in [-0.1, -0.05) is 29.2 Å². The maximum Gasteiger partial charge on any atom is 0.352 e. The number of hydrogen-bond acceptors (Lipinski definition) is 9. The van der Waals surface area contributed by atoms with Crippen LogP contribution in [0.25, 0.3) is 0 Å². The third-order valence-electron chi connectivity index (χ3n) is 4.83. The minimum absolute atomic E-state index is 0.0568. The van der Waals surface area contributed by atoms with E-state index >= 15 is 0 Å². The van der Waals surface area contributed by atoms with Crippen LogP contribution in [0.3, 0.4) is 0 Å². The number of nitrogens with one attached hydrogen (secondary N) is 1. The minimum atomic E-state index is -1.49. The Hall–Kier alpha value is -2.26. The van der Waals surface area contributed by atoms with E-state index in [2.05, 4.69) is 22.1 Å². The first-order valence-corrected chi connectivity index (χ1v) is 13.9.